The number of nitriles is 1. The van der Waals surface area contributed by atoms with Gasteiger partial charge in [0, 0.05) is 37.4 Å². The molecule has 0 radical (unpaired) electrons. The van der Waals surface area contributed by atoms with E-state index in [1.165, 1.54) is 0 Å². The minimum absolute atomic E-state index is 0.240. The Morgan fingerprint density at radius 3 is 2.70 bits per heavy atom. The Kier molecular flexibility index (Phi) is 9.36. The number of aromatic nitrogens is 2. The lowest BCUT2D eigenvalue weighted by Crippen LogP contribution is -2.24. The van der Waals surface area contributed by atoms with Crippen LogP contribution in [0.4, 0.5) is 11.8 Å². The summed E-state index contributed by atoms with van der Waals surface area (Å²) in [6.45, 7) is 4.81. The molecule has 0 aliphatic rings. The Morgan fingerprint density at radius 1 is 1.23 bits per heavy atom. The average molecular weight is 412 g/mol. The maximum atomic E-state index is 9.05. The summed E-state index contributed by atoms with van der Waals surface area (Å²) in [5.41, 5.74) is 9.73. The van der Waals surface area contributed by atoms with Gasteiger partial charge in [-0.05, 0) is 37.0 Å². The van der Waals surface area contributed by atoms with E-state index in [9.17, 15) is 0 Å². The van der Waals surface area contributed by atoms with Crippen molar-refractivity contribution in [3.8, 4) is 11.8 Å². The van der Waals surface area contributed by atoms with E-state index >= 15 is 0 Å². The van der Waals surface area contributed by atoms with Gasteiger partial charge in [0.05, 0.1) is 19.6 Å². The molecule has 7 nitrogen and oxygen atoms in total. The molecule has 2 rings (SSSR count). The molecule has 7 heteroatoms. The normalized spacial score (nSPS) is 11.7. The lowest BCUT2D eigenvalue weighted by atomic mass is 9.99. The monoisotopic (exact) mass is 411 g/mol. The fourth-order valence-corrected chi connectivity index (χ4v) is 3.50. The second-order valence-corrected chi connectivity index (χ2v) is 7.42. The van der Waals surface area contributed by atoms with Gasteiger partial charge in [0.15, 0.2) is 0 Å². The first kappa shape index (κ1) is 23.4. The first-order valence-corrected chi connectivity index (χ1v) is 10.4. The lowest BCUT2D eigenvalue weighted by molar-refractivity contribution is 0.188. The highest BCUT2D eigenvalue weighted by atomic mass is 16.5. The van der Waals surface area contributed by atoms with Gasteiger partial charge in [0.2, 0.25) is 5.95 Å². The van der Waals surface area contributed by atoms with Crippen LogP contribution in [0.25, 0.3) is 0 Å². The van der Waals surface area contributed by atoms with Crippen LogP contribution in [0.5, 0.6) is 5.75 Å². The van der Waals surface area contributed by atoms with Gasteiger partial charge in [-0.3, -0.25) is 0 Å². The average Bonchev–Trinajstić information content (AvgIpc) is 2.72. The van der Waals surface area contributed by atoms with Gasteiger partial charge < -0.3 is 20.5 Å². The van der Waals surface area contributed by atoms with Crippen molar-refractivity contribution in [2.45, 2.75) is 58.4 Å². The standard InChI is InChI=1S/C23H33N5O2/c1-5-6-7-19(11-13-29-3)27-22-20(16(2)26-23(25)28-22)15-18-14-17(10-12-24)8-9-21(18)30-4/h8-9,14,19H,5-7,10-11,13,15H2,1-4H3,(H3,25,26,27,28)/t19-/m0/s1. The number of hydrogen-bond donors (Lipinski definition) is 2. The van der Waals surface area contributed by atoms with E-state index in [4.69, 9.17) is 20.5 Å². The Morgan fingerprint density at radius 2 is 2.03 bits per heavy atom. The Bertz CT molecular complexity index is 855. The van der Waals surface area contributed by atoms with Crippen LogP contribution in [-0.2, 0) is 17.6 Å². The number of anilines is 2. The van der Waals surface area contributed by atoms with Crippen molar-refractivity contribution in [1.29, 1.82) is 5.26 Å². The van der Waals surface area contributed by atoms with Gasteiger partial charge in [-0.1, -0.05) is 31.9 Å². The van der Waals surface area contributed by atoms with Crippen LogP contribution in [0.1, 0.15) is 55.0 Å². The molecular formula is C23H33N5O2. The van der Waals surface area contributed by atoms with E-state index < -0.39 is 0 Å². The van der Waals surface area contributed by atoms with Gasteiger partial charge in [-0.2, -0.15) is 10.2 Å². The molecule has 1 heterocycles. The molecule has 2 aromatic rings. The number of benzene rings is 1. The highest BCUT2D eigenvalue weighted by molar-refractivity contribution is 5.54. The van der Waals surface area contributed by atoms with Gasteiger partial charge in [0.25, 0.3) is 0 Å². The second-order valence-electron chi connectivity index (χ2n) is 7.42. The largest absolute Gasteiger partial charge is 0.496 e. The molecule has 0 amide bonds. The van der Waals surface area contributed by atoms with E-state index in [0.717, 1.165) is 59.6 Å². The SMILES string of the molecule is CCCC[C@@H](CCOC)Nc1nc(N)nc(C)c1Cc1cc(CC#N)ccc1OC. The maximum absolute atomic E-state index is 9.05. The van der Waals surface area contributed by atoms with Crippen molar-refractivity contribution in [3.05, 3.63) is 40.6 Å². The molecule has 0 saturated heterocycles. The Hall–Kier alpha value is -2.85. The summed E-state index contributed by atoms with van der Waals surface area (Å²) in [7, 11) is 3.37. The fourth-order valence-electron chi connectivity index (χ4n) is 3.50. The van der Waals surface area contributed by atoms with Crippen LogP contribution in [0, 0.1) is 18.3 Å². The van der Waals surface area contributed by atoms with Crippen LogP contribution in [0.3, 0.4) is 0 Å². The molecule has 0 aliphatic heterocycles. The third-order valence-corrected chi connectivity index (χ3v) is 5.14. The summed E-state index contributed by atoms with van der Waals surface area (Å²) in [6.07, 6.45) is 5.12. The molecule has 1 aromatic carbocycles. The number of nitrogens with zero attached hydrogens (tertiary/aromatic N) is 3. The molecule has 0 aliphatic carbocycles. The van der Waals surface area contributed by atoms with Gasteiger partial charge in [-0.15, -0.1) is 0 Å². The minimum atomic E-state index is 0.240. The molecule has 1 atom stereocenters. The van der Waals surface area contributed by atoms with Gasteiger partial charge >= 0.3 is 0 Å². The van der Waals surface area contributed by atoms with Crippen molar-refractivity contribution in [1.82, 2.24) is 9.97 Å². The third kappa shape index (κ3) is 6.60. The topological polar surface area (TPSA) is 106 Å². The zero-order valence-electron chi connectivity index (χ0n) is 18.5. The van der Waals surface area contributed by atoms with Crippen LogP contribution >= 0.6 is 0 Å². The number of unbranched alkanes of at least 4 members (excludes halogenated alkanes) is 1. The molecule has 0 fully saturated rings. The summed E-state index contributed by atoms with van der Waals surface area (Å²) in [6, 6.07) is 8.28. The van der Waals surface area contributed by atoms with Crippen molar-refractivity contribution < 1.29 is 9.47 Å². The van der Waals surface area contributed by atoms with Crippen molar-refractivity contribution in [2.24, 2.45) is 0 Å². The zero-order valence-corrected chi connectivity index (χ0v) is 18.5. The summed E-state index contributed by atoms with van der Waals surface area (Å²) in [5, 5.41) is 12.6. The molecule has 30 heavy (non-hydrogen) atoms. The first-order chi connectivity index (χ1) is 14.5. The number of ether oxygens (including phenoxy) is 2. The van der Waals surface area contributed by atoms with Gasteiger partial charge in [-0.25, -0.2) is 4.98 Å². The molecular weight excluding hydrogens is 378 g/mol. The zero-order chi connectivity index (χ0) is 21.9. The van der Waals surface area contributed by atoms with Gasteiger partial charge in [0.1, 0.15) is 11.6 Å². The number of rotatable bonds is 12. The van der Waals surface area contributed by atoms with E-state index in [0.29, 0.717) is 19.4 Å². The third-order valence-electron chi connectivity index (χ3n) is 5.14. The lowest BCUT2D eigenvalue weighted by Gasteiger charge is -2.22. The first-order valence-electron chi connectivity index (χ1n) is 10.4. The van der Waals surface area contributed by atoms with E-state index in [1.54, 1.807) is 14.2 Å². The predicted octanol–water partition coefficient (Wildman–Crippen LogP) is 4.04. The number of aryl methyl sites for hydroxylation is 1. The number of nitrogens with one attached hydrogen (secondary N) is 1. The number of methoxy groups -OCH3 is 2. The highest BCUT2D eigenvalue weighted by Gasteiger charge is 2.17. The van der Waals surface area contributed by atoms with Crippen molar-refractivity contribution in [3.63, 3.8) is 0 Å². The molecule has 0 bridgehead atoms. The Labute approximate surface area is 179 Å². The summed E-state index contributed by atoms with van der Waals surface area (Å²) >= 11 is 0. The smallest absolute Gasteiger partial charge is 0.222 e. The summed E-state index contributed by atoms with van der Waals surface area (Å²) < 4.78 is 10.8. The second kappa shape index (κ2) is 12.0. The predicted molar refractivity (Wildman–Crippen MR) is 120 cm³/mol. The Balaban J connectivity index is 2.38. The van der Waals surface area contributed by atoms with Crippen LogP contribution < -0.4 is 15.8 Å². The van der Waals surface area contributed by atoms with E-state index in [2.05, 4.69) is 28.3 Å². The highest BCUT2D eigenvalue weighted by Crippen LogP contribution is 2.28. The molecule has 0 unspecified atom stereocenters. The van der Waals surface area contributed by atoms with Crippen LogP contribution in [0.2, 0.25) is 0 Å². The van der Waals surface area contributed by atoms with Crippen LogP contribution in [0.15, 0.2) is 18.2 Å². The van der Waals surface area contributed by atoms with E-state index in [-0.39, 0.29) is 12.0 Å². The van der Waals surface area contributed by atoms with Crippen molar-refractivity contribution in [2.75, 3.05) is 31.9 Å². The van der Waals surface area contributed by atoms with Crippen molar-refractivity contribution >= 4 is 11.8 Å². The molecule has 0 saturated carbocycles. The quantitative estimate of drug-likeness (QED) is 0.543. The van der Waals surface area contributed by atoms with E-state index in [1.807, 2.05) is 25.1 Å². The number of nitrogens with two attached hydrogens (primary N) is 1. The molecule has 162 valence electrons. The van der Waals surface area contributed by atoms with Crippen LogP contribution in [-0.4, -0.2) is 36.8 Å². The molecule has 3 N–H and O–H groups in total. The maximum Gasteiger partial charge on any atom is 0.222 e. The molecule has 1 aromatic heterocycles. The minimum Gasteiger partial charge on any atom is -0.496 e. The summed E-state index contributed by atoms with van der Waals surface area (Å²) in [5.74, 6) is 1.79. The number of hydrogen-bond acceptors (Lipinski definition) is 7. The molecule has 0 spiro atoms. The number of nitrogen functional groups attached to an aromatic ring is 1. The fraction of sp³-hybridized carbons (Fsp3) is 0.522. The summed E-state index contributed by atoms with van der Waals surface area (Å²) in [4.78, 5) is 8.91.